The van der Waals surface area contributed by atoms with Crippen LogP contribution in [0.15, 0.2) is 48.5 Å². The van der Waals surface area contributed by atoms with E-state index in [0.717, 1.165) is 16.9 Å². The molecule has 4 heteroatoms. The van der Waals surface area contributed by atoms with E-state index in [0.29, 0.717) is 12.3 Å². The molecular weight excluding hydrogens is 290 g/mol. The van der Waals surface area contributed by atoms with Gasteiger partial charge in [0.15, 0.2) is 6.10 Å². The van der Waals surface area contributed by atoms with Crippen LogP contribution in [0.5, 0.6) is 11.5 Å². The van der Waals surface area contributed by atoms with Gasteiger partial charge in [-0.1, -0.05) is 29.8 Å². The molecule has 2 aromatic rings. The van der Waals surface area contributed by atoms with Crippen molar-refractivity contribution in [2.45, 2.75) is 26.5 Å². The van der Waals surface area contributed by atoms with E-state index in [2.05, 4.69) is 0 Å². The quantitative estimate of drug-likeness (QED) is 0.820. The summed E-state index contributed by atoms with van der Waals surface area (Å²) in [7, 11) is 3.41. The van der Waals surface area contributed by atoms with Crippen LogP contribution in [0.4, 0.5) is 0 Å². The number of amides is 1. The Kier molecular flexibility index (Phi) is 5.63. The van der Waals surface area contributed by atoms with Gasteiger partial charge in [-0.15, -0.1) is 0 Å². The maximum absolute atomic E-state index is 12.4. The van der Waals surface area contributed by atoms with Crippen molar-refractivity contribution in [3.63, 3.8) is 0 Å². The van der Waals surface area contributed by atoms with Crippen LogP contribution >= 0.6 is 0 Å². The first-order valence-corrected chi connectivity index (χ1v) is 7.61. The molecule has 0 N–H and O–H groups in total. The summed E-state index contributed by atoms with van der Waals surface area (Å²) in [6.07, 6.45) is -0.527. The first-order valence-electron chi connectivity index (χ1n) is 7.61. The summed E-state index contributed by atoms with van der Waals surface area (Å²) in [6, 6.07) is 15.4. The average Bonchev–Trinajstić information content (AvgIpc) is 2.56. The van der Waals surface area contributed by atoms with Crippen molar-refractivity contribution < 1.29 is 14.3 Å². The zero-order valence-corrected chi connectivity index (χ0v) is 14.1. The van der Waals surface area contributed by atoms with Crippen LogP contribution in [-0.4, -0.2) is 31.1 Å². The van der Waals surface area contributed by atoms with Crippen LogP contribution in [0.3, 0.4) is 0 Å². The fraction of sp³-hybridized carbons (Fsp3) is 0.316. The van der Waals surface area contributed by atoms with Gasteiger partial charge in [0.05, 0.1) is 7.11 Å². The smallest absolute Gasteiger partial charge is 0.263 e. The van der Waals surface area contributed by atoms with Crippen LogP contribution in [0.2, 0.25) is 0 Å². The van der Waals surface area contributed by atoms with Crippen LogP contribution < -0.4 is 9.47 Å². The van der Waals surface area contributed by atoms with Gasteiger partial charge in [0.2, 0.25) is 0 Å². The second-order valence-electron chi connectivity index (χ2n) is 5.62. The van der Waals surface area contributed by atoms with E-state index >= 15 is 0 Å². The maximum Gasteiger partial charge on any atom is 0.263 e. The second kappa shape index (κ2) is 7.68. The Balaban J connectivity index is 1.93. The number of likely N-dealkylation sites (N-methyl/N-ethyl adjacent to an activating group) is 1. The first kappa shape index (κ1) is 16.9. The van der Waals surface area contributed by atoms with Gasteiger partial charge in [0.25, 0.3) is 5.91 Å². The van der Waals surface area contributed by atoms with Gasteiger partial charge in [-0.05, 0) is 43.7 Å². The Morgan fingerprint density at radius 2 is 1.61 bits per heavy atom. The SMILES string of the molecule is COc1ccc(CN(C)C(=O)[C@@H](C)Oc2ccc(C)cc2)cc1. The molecule has 0 bridgehead atoms. The van der Waals surface area contributed by atoms with Gasteiger partial charge in [-0.3, -0.25) is 4.79 Å². The van der Waals surface area contributed by atoms with Gasteiger partial charge >= 0.3 is 0 Å². The molecule has 0 aromatic heterocycles. The summed E-state index contributed by atoms with van der Waals surface area (Å²) in [5.74, 6) is 1.45. The Morgan fingerprint density at radius 1 is 1.04 bits per heavy atom. The summed E-state index contributed by atoms with van der Waals surface area (Å²) in [4.78, 5) is 14.1. The number of carbonyl (C=O) groups excluding carboxylic acids is 1. The van der Waals surface area contributed by atoms with Gasteiger partial charge in [0, 0.05) is 13.6 Å². The monoisotopic (exact) mass is 313 g/mol. The van der Waals surface area contributed by atoms with Crippen LogP contribution in [0.25, 0.3) is 0 Å². The van der Waals surface area contributed by atoms with E-state index < -0.39 is 6.10 Å². The molecule has 0 unspecified atom stereocenters. The van der Waals surface area contributed by atoms with Crippen molar-refractivity contribution in [1.82, 2.24) is 4.90 Å². The number of methoxy groups -OCH3 is 1. The molecule has 2 aromatic carbocycles. The number of benzene rings is 2. The van der Waals surface area contributed by atoms with Gasteiger partial charge in [0.1, 0.15) is 11.5 Å². The Labute approximate surface area is 137 Å². The van der Waals surface area contributed by atoms with Gasteiger partial charge in [-0.25, -0.2) is 0 Å². The lowest BCUT2D eigenvalue weighted by molar-refractivity contribution is -0.137. The van der Waals surface area contributed by atoms with Gasteiger partial charge in [-0.2, -0.15) is 0 Å². The third kappa shape index (κ3) is 4.74. The Morgan fingerprint density at radius 3 is 2.17 bits per heavy atom. The highest BCUT2D eigenvalue weighted by Crippen LogP contribution is 2.16. The predicted octanol–water partition coefficient (Wildman–Crippen LogP) is 3.43. The topological polar surface area (TPSA) is 38.8 Å². The zero-order valence-electron chi connectivity index (χ0n) is 14.1. The highest BCUT2D eigenvalue weighted by Gasteiger charge is 2.19. The molecule has 0 spiro atoms. The first-order chi connectivity index (χ1) is 11.0. The summed E-state index contributed by atoms with van der Waals surface area (Å²) in [6.45, 7) is 4.32. The third-order valence-corrected chi connectivity index (χ3v) is 3.64. The Hall–Kier alpha value is -2.49. The van der Waals surface area contributed by atoms with E-state index in [1.54, 1.807) is 26.0 Å². The lowest BCUT2D eigenvalue weighted by Crippen LogP contribution is -2.37. The number of carbonyl (C=O) groups is 1. The number of hydrogen-bond acceptors (Lipinski definition) is 3. The molecular formula is C19H23NO3. The van der Waals surface area contributed by atoms with Crippen LogP contribution in [0, 0.1) is 6.92 Å². The van der Waals surface area contributed by atoms with Crippen molar-refractivity contribution >= 4 is 5.91 Å². The maximum atomic E-state index is 12.4. The lowest BCUT2D eigenvalue weighted by Gasteiger charge is -2.22. The highest BCUT2D eigenvalue weighted by atomic mass is 16.5. The summed E-state index contributed by atoms with van der Waals surface area (Å²) in [5.41, 5.74) is 2.21. The fourth-order valence-electron chi connectivity index (χ4n) is 2.26. The van der Waals surface area contributed by atoms with Crippen molar-refractivity contribution in [2.24, 2.45) is 0 Å². The Bertz CT molecular complexity index is 635. The molecule has 0 radical (unpaired) electrons. The van der Waals surface area contributed by atoms with E-state index in [9.17, 15) is 4.79 Å². The molecule has 0 fully saturated rings. The molecule has 4 nitrogen and oxygen atoms in total. The van der Waals surface area contributed by atoms with E-state index in [-0.39, 0.29) is 5.91 Å². The molecule has 0 heterocycles. The molecule has 1 amide bonds. The fourth-order valence-corrected chi connectivity index (χ4v) is 2.26. The summed E-state index contributed by atoms with van der Waals surface area (Å²) in [5, 5.41) is 0. The minimum absolute atomic E-state index is 0.0543. The standard InChI is InChI=1S/C19H23NO3/c1-14-5-9-18(10-6-14)23-15(2)19(21)20(3)13-16-7-11-17(22-4)12-8-16/h5-12,15H,13H2,1-4H3/t15-/m1/s1. The molecule has 2 rings (SSSR count). The normalized spacial score (nSPS) is 11.7. The molecule has 23 heavy (non-hydrogen) atoms. The van der Waals surface area contributed by atoms with Crippen molar-refractivity contribution in [1.29, 1.82) is 0 Å². The van der Waals surface area contributed by atoms with Gasteiger partial charge < -0.3 is 14.4 Å². The summed E-state index contributed by atoms with van der Waals surface area (Å²) < 4.78 is 10.8. The number of aryl methyl sites for hydroxylation is 1. The predicted molar refractivity (Wildman–Crippen MR) is 90.7 cm³/mol. The number of nitrogens with zero attached hydrogens (tertiary/aromatic N) is 1. The molecule has 0 saturated heterocycles. The van der Waals surface area contributed by atoms with Crippen molar-refractivity contribution in [3.05, 3.63) is 59.7 Å². The second-order valence-corrected chi connectivity index (χ2v) is 5.62. The summed E-state index contributed by atoms with van der Waals surface area (Å²) >= 11 is 0. The molecule has 0 aliphatic rings. The van der Waals surface area contributed by atoms with E-state index in [1.165, 1.54) is 0 Å². The van der Waals surface area contributed by atoms with Crippen molar-refractivity contribution in [2.75, 3.05) is 14.2 Å². The molecule has 1 atom stereocenters. The minimum atomic E-state index is -0.527. The number of rotatable bonds is 6. The average molecular weight is 313 g/mol. The van der Waals surface area contributed by atoms with Crippen molar-refractivity contribution in [3.8, 4) is 11.5 Å². The van der Waals surface area contributed by atoms with Crippen LogP contribution in [-0.2, 0) is 11.3 Å². The van der Waals surface area contributed by atoms with E-state index in [1.807, 2.05) is 55.5 Å². The lowest BCUT2D eigenvalue weighted by atomic mass is 10.2. The third-order valence-electron chi connectivity index (χ3n) is 3.64. The van der Waals surface area contributed by atoms with E-state index in [4.69, 9.17) is 9.47 Å². The number of hydrogen-bond donors (Lipinski definition) is 0. The minimum Gasteiger partial charge on any atom is -0.497 e. The van der Waals surface area contributed by atoms with Crippen LogP contribution in [0.1, 0.15) is 18.1 Å². The zero-order chi connectivity index (χ0) is 16.8. The number of ether oxygens (including phenoxy) is 2. The highest BCUT2D eigenvalue weighted by molar-refractivity contribution is 5.80. The molecule has 0 saturated carbocycles. The molecule has 0 aliphatic carbocycles. The largest absolute Gasteiger partial charge is 0.497 e. The molecule has 0 aliphatic heterocycles. The molecule has 122 valence electrons.